The fourth-order valence-electron chi connectivity index (χ4n) is 3.38. The van der Waals surface area contributed by atoms with Crippen molar-refractivity contribution in [3.05, 3.63) is 29.3 Å². The predicted molar refractivity (Wildman–Crippen MR) is 82.1 cm³/mol. The lowest BCUT2D eigenvalue weighted by molar-refractivity contribution is 0.333. The molecule has 2 atom stereocenters. The van der Waals surface area contributed by atoms with Crippen molar-refractivity contribution in [1.82, 2.24) is 4.31 Å². The van der Waals surface area contributed by atoms with E-state index in [2.05, 4.69) is 0 Å². The van der Waals surface area contributed by atoms with Crippen LogP contribution in [-0.4, -0.2) is 30.3 Å². The second kappa shape index (κ2) is 4.79. The van der Waals surface area contributed by atoms with Gasteiger partial charge in [0, 0.05) is 18.2 Å². The van der Waals surface area contributed by atoms with Gasteiger partial charge in [-0.2, -0.15) is 4.31 Å². The van der Waals surface area contributed by atoms with Crippen LogP contribution in [0.1, 0.15) is 30.4 Å². The highest BCUT2D eigenvalue weighted by atomic mass is 32.2. The van der Waals surface area contributed by atoms with E-state index >= 15 is 0 Å². The Morgan fingerprint density at radius 1 is 1.40 bits per heavy atom. The Morgan fingerprint density at radius 2 is 2.15 bits per heavy atom. The van der Waals surface area contributed by atoms with Gasteiger partial charge in [-0.3, -0.25) is 0 Å². The number of benzene rings is 1. The van der Waals surface area contributed by atoms with E-state index in [0.29, 0.717) is 22.3 Å². The van der Waals surface area contributed by atoms with Crippen LogP contribution < -0.4 is 5.73 Å². The van der Waals surface area contributed by atoms with E-state index in [1.165, 1.54) is 0 Å². The molecule has 2 N–H and O–H groups in total. The van der Waals surface area contributed by atoms with Crippen molar-refractivity contribution in [2.75, 3.05) is 6.54 Å². The molecule has 3 rings (SSSR count). The van der Waals surface area contributed by atoms with Gasteiger partial charge in [0.1, 0.15) is 4.99 Å². The van der Waals surface area contributed by atoms with Crippen molar-refractivity contribution < 1.29 is 8.42 Å². The maximum Gasteiger partial charge on any atom is 0.243 e. The molecular weight excluding hydrogens is 292 g/mol. The van der Waals surface area contributed by atoms with E-state index in [-0.39, 0.29) is 6.04 Å². The summed E-state index contributed by atoms with van der Waals surface area (Å²) in [5, 5.41) is 0. The first-order valence-electron chi connectivity index (χ1n) is 6.82. The topological polar surface area (TPSA) is 63.4 Å². The van der Waals surface area contributed by atoms with Gasteiger partial charge in [-0.15, -0.1) is 0 Å². The molecule has 6 heteroatoms. The maximum atomic E-state index is 12.7. The van der Waals surface area contributed by atoms with Crippen molar-refractivity contribution in [2.24, 2.45) is 11.7 Å². The summed E-state index contributed by atoms with van der Waals surface area (Å²) < 4.78 is 27.1. The molecule has 0 radical (unpaired) electrons. The molecule has 1 aromatic carbocycles. The summed E-state index contributed by atoms with van der Waals surface area (Å²) in [6.45, 7) is 2.51. The Hall–Kier alpha value is -0.980. The van der Waals surface area contributed by atoms with Gasteiger partial charge in [-0.1, -0.05) is 18.3 Å². The molecule has 1 heterocycles. The molecule has 2 unspecified atom stereocenters. The fourth-order valence-corrected chi connectivity index (χ4v) is 5.44. The van der Waals surface area contributed by atoms with Crippen molar-refractivity contribution in [3.63, 3.8) is 0 Å². The van der Waals surface area contributed by atoms with Crippen LogP contribution in [0, 0.1) is 12.8 Å². The largest absolute Gasteiger partial charge is 0.389 e. The molecule has 108 valence electrons. The minimum atomic E-state index is -3.39. The molecular formula is C14H18N2O2S2. The zero-order valence-electron chi connectivity index (χ0n) is 11.4. The highest BCUT2D eigenvalue weighted by molar-refractivity contribution is 7.89. The van der Waals surface area contributed by atoms with E-state index in [9.17, 15) is 8.42 Å². The normalized spacial score (nSPS) is 26.1. The van der Waals surface area contributed by atoms with Crippen molar-refractivity contribution in [1.29, 1.82) is 0 Å². The standard InChI is InChI=1S/C14H18N2O2S2/c1-9-6-12(4-5-13(9)14(15)19)20(17,18)16-8-10-2-3-11(16)7-10/h4-6,10-11H,2-3,7-8H2,1H3,(H2,15,19). The number of sulfonamides is 1. The molecule has 2 fully saturated rings. The fraction of sp³-hybridized carbons (Fsp3) is 0.500. The van der Waals surface area contributed by atoms with E-state index in [1.807, 2.05) is 6.92 Å². The number of nitrogens with two attached hydrogens (primary N) is 1. The number of nitrogens with zero attached hydrogens (tertiary/aromatic N) is 1. The molecule has 2 aliphatic rings. The van der Waals surface area contributed by atoms with Crippen LogP contribution in [0.25, 0.3) is 0 Å². The summed E-state index contributed by atoms with van der Waals surface area (Å²) in [7, 11) is -3.39. The minimum absolute atomic E-state index is 0.195. The second-order valence-corrected chi connectivity index (χ2v) is 8.08. The first-order chi connectivity index (χ1) is 9.39. The van der Waals surface area contributed by atoms with Gasteiger partial charge in [-0.05, 0) is 49.8 Å². The Kier molecular flexibility index (Phi) is 3.35. The monoisotopic (exact) mass is 310 g/mol. The van der Waals surface area contributed by atoms with E-state index in [0.717, 1.165) is 30.4 Å². The van der Waals surface area contributed by atoms with Gasteiger partial charge in [0.15, 0.2) is 0 Å². The lowest BCUT2D eigenvalue weighted by Crippen LogP contribution is -2.37. The second-order valence-electron chi connectivity index (χ2n) is 5.75. The van der Waals surface area contributed by atoms with Gasteiger partial charge in [0.2, 0.25) is 10.0 Å². The third-order valence-electron chi connectivity index (χ3n) is 4.43. The zero-order valence-corrected chi connectivity index (χ0v) is 13.0. The molecule has 1 saturated heterocycles. The summed E-state index contributed by atoms with van der Waals surface area (Å²) in [6.07, 6.45) is 3.17. The average molecular weight is 310 g/mol. The first kappa shape index (κ1) is 14.0. The van der Waals surface area contributed by atoms with E-state index in [4.69, 9.17) is 18.0 Å². The molecule has 4 nitrogen and oxygen atoms in total. The molecule has 20 heavy (non-hydrogen) atoms. The number of piperidine rings is 1. The molecule has 2 bridgehead atoms. The third kappa shape index (κ3) is 2.16. The number of rotatable bonds is 3. The van der Waals surface area contributed by atoms with Crippen LogP contribution in [-0.2, 0) is 10.0 Å². The summed E-state index contributed by atoms with van der Waals surface area (Å²) in [4.78, 5) is 0.647. The number of hydrogen-bond donors (Lipinski definition) is 1. The summed E-state index contributed by atoms with van der Waals surface area (Å²) in [5.41, 5.74) is 7.16. The van der Waals surface area contributed by atoms with Gasteiger partial charge in [0.05, 0.1) is 4.90 Å². The van der Waals surface area contributed by atoms with Crippen molar-refractivity contribution >= 4 is 27.2 Å². The van der Waals surface area contributed by atoms with Gasteiger partial charge < -0.3 is 5.73 Å². The molecule has 1 aliphatic heterocycles. The molecule has 1 saturated carbocycles. The summed E-state index contributed by atoms with van der Waals surface area (Å²) in [6, 6.07) is 5.19. The maximum absolute atomic E-state index is 12.7. The highest BCUT2D eigenvalue weighted by Gasteiger charge is 2.44. The molecule has 0 spiro atoms. The Bertz CT molecular complexity index is 670. The molecule has 0 aromatic heterocycles. The van der Waals surface area contributed by atoms with Crippen molar-refractivity contribution in [2.45, 2.75) is 37.1 Å². The number of thiocarbonyl (C=S) groups is 1. The first-order valence-corrected chi connectivity index (χ1v) is 8.66. The summed E-state index contributed by atoms with van der Waals surface area (Å²) in [5.74, 6) is 0.548. The van der Waals surface area contributed by atoms with Gasteiger partial charge in [0.25, 0.3) is 0 Å². The van der Waals surface area contributed by atoms with Gasteiger partial charge in [-0.25, -0.2) is 8.42 Å². The van der Waals surface area contributed by atoms with Crippen LogP contribution in [0.5, 0.6) is 0 Å². The number of fused-ring (bicyclic) bond motifs is 2. The highest BCUT2D eigenvalue weighted by Crippen LogP contribution is 2.40. The van der Waals surface area contributed by atoms with Gasteiger partial charge >= 0.3 is 0 Å². The number of hydrogen-bond acceptors (Lipinski definition) is 3. The smallest absolute Gasteiger partial charge is 0.243 e. The summed E-state index contributed by atoms with van der Waals surface area (Å²) >= 11 is 4.95. The van der Waals surface area contributed by atoms with Crippen LogP contribution in [0.15, 0.2) is 23.1 Å². The Labute approximate surface area is 125 Å². The lowest BCUT2D eigenvalue weighted by Gasteiger charge is -2.26. The molecule has 0 amide bonds. The van der Waals surface area contributed by atoms with Crippen molar-refractivity contribution in [3.8, 4) is 0 Å². The minimum Gasteiger partial charge on any atom is -0.389 e. The Balaban J connectivity index is 1.96. The zero-order chi connectivity index (χ0) is 14.5. The number of aryl methyl sites for hydroxylation is 1. The van der Waals surface area contributed by atoms with Crippen LogP contribution in [0.3, 0.4) is 0 Å². The van der Waals surface area contributed by atoms with Crippen LogP contribution in [0.2, 0.25) is 0 Å². The molecule has 1 aromatic rings. The molecule has 1 aliphatic carbocycles. The van der Waals surface area contributed by atoms with Crippen LogP contribution >= 0.6 is 12.2 Å². The average Bonchev–Trinajstić information content (AvgIpc) is 3.00. The van der Waals surface area contributed by atoms with E-state index in [1.54, 1.807) is 22.5 Å². The SMILES string of the molecule is Cc1cc(S(=O)(=O)N2CC3CCC2C3)ccc1C(N)=S. The predicted octanol–water partition coefficient (Wildman–Crippen LogP) is 1.80. The third-order valence-corrected chi connectivity index (χ3v) is 6.56. The Morgan fingerprint density at radius 3 is 2.65 bits per heavy atom. The van der Waals surface area contributed by atoms with E-state index < -0.39 is 10.0 Å². The quantitative estimate of drug-likeness (QED) is 0.865. The van der Waals surface area contributed by atoms with Crippen LogP contribution in [0.4, 0.5) is 0 Å². The lowest BCUT2D eigenvalue weighted by atomic mass is 10.1.